The smallest absolute Gasteiger partial charge is 0.0911 e. The van der Waals surface area contributed by atoms with E-state index in [1.165, 1.54) is 38.9 Å². The molecule has 0 bridgehead atoms. The van der Waals surface area contributed by atoms with Crippen LogP contribution in [0.5, 0.6) is 0 Å². The Labute approximate surface area is 98.9 Å². The summed E-state index contributed by atoms with van der Waals surface area (Å²) in [4.78, 5) is 2.61. The van der Waals surface area contributed by atoms with Crippen molar-refractivity contribution in [3.63, 3.8) is 0 Å². The Morgan fingerprint density at radius 3 is 2.31 bits per heavy atom. The molecular formula is C13H25N3. The van der Waals surface area contributed by atoms with Gasteiger partial charge in [0.2, 0.25) is 0 Å². The third-order valence-electron chi connectivity index (χ3n) is 4.03. The van der Waals surface area contributed by atoms with Gasteiger partial charge < -0.3 is 10.6 Å². The van der Waals surface area contributed by atoms with E-state index in [1.807, 2.05) is 0 Å². The largest absolute Gasteiger partial charge is 0.388 e. The maximum Gasteiger partial charge on any atom is 0.0911 e. The summed E-state index contributed by atoms with van der Waals surface area (Å²) in [6.07, 6.45) is 4.72. The lowest BCUT2D eigenvalue weighted by atomic mass is 9.90. The fraction of sp³-hybridized carbons (Fsp3) is 0.923. The van der Waals surface area contributed by atoms with E-state index in [-0.39, 0.29) is 0 Å². The van der Waals surface area contributed by atoms with Crippen molar-refractivity contribution in [2.45, 2.75) is 39.5 Å². The molecule has 3 heteroatoms. The summed E-state index contributed by atoms with van der Waals surface area (Å²) < 4.78 is 0. The van der Waals surface area contributed by atoms with Crippen LogP contribution in [-0.2, 0) is 0 Å². The van der Waals surface area contributed by atoms with Crippen molar-refractivity contribution < 1.29 is 0 Å². The maximum absolute atomic E-state index is 7.45. The Kier molecular flexibility index (Phi) is 3.24. The second kappa shape index (κ2) is 4.36. The van der Waals surface area contributed by atoms with Crippen molar-refractivity contribution in [1.82, 2.24) is 4.90 Å². The summed E-state index contributed by atoms with van der Waals surface area (Å²) in [5.41, 5.74) is 5.92. The minimum absolute atomic E-state index is 0.371. The summed E-state index contributed by atoms with van der Waals surface area (Å²) in [7, 11) is 0. The molecule has 2 fully saturated rings. The number of nitrogens with zero attached hydrogens (tertiary/aromatic N) is 1. The Morgan fingerprint density at radius 2 is 1.88 bits per heavy atom. The number of likely N-dealkylation sites (tertiary alicyclic amines) is 1. The van der Waals surface area contributed by atoms with Crippen molar-refractivity contribution >= 4 is 5.84 Å². The van der Waals surface area contributed by atoms with E-state index in [2.05, 4.69) is 18.7 Å². The molecule has 2 unspecified atom stereocenters. The summed E-state index contributed by atoms with van der Waals surface area (Å²) in [6.45, 7) is 8.36. The summed E-state index contributed by atoms with van der Waals surface area (Å²) >= 11 is 0. The highest BCUT2D eigenvalue weighted by molar-refractivity contribution is 5.78. The summed E-state index contributed by atoms with van der Waals surface area (Å²) in [5, 5.41) is 7.45. The van der Waals surface area contributed by atoms with E-state index in [9.17, 15) is 0 Å². The average molecular weight is 223 g/mol. The van der Waals surface area contributed by atoms with Crippen molar-refractivity contribution in [3.8, 4) is 0 Å². The number of amidine groups is 1. The predicted octanol–water partition coefficient (Wildman–Crippen LogP) is 2.07. The zero-order chi connectivity index (χ0) is 11.8. The van der Waals surface area contributed by atoms with E-state index in [0.29, 0.717) is 11.3 Å². The summed E-state index contributed by atoms with van der Waals surface area (Å²) in [5.74, 6) is 2.03. The fourth-order valence-corrected chi connectivity index (χ4v) is 3.37. The number of rotatable bonds is 4. The van der Waals surface area contributed by atoms with Crippen molar-refractivity contribution in [2.75, 3.05) is 19.6 Å². The average Bonchev–Trinajstić information content (AvgIpc) is 2.80. The van der Waals surface area contributed by atoms with Gasteiger partial charge in [0.1, 0.15) is 0 Å². The second-order valence-corrected chi connectivity index (χ2v) is 6.34. The van der Waals surface area contributed by atoms with Crippen LogP contribution in [0.4, 0.5) is 0 Å². The van der Waals surface area contributed by atoms with Crippen LogP contribution in [0.2, 0.25) is 0 Å². The molecule has 2 atom stereocenters. The van der Waals surface area contributed by atoms with Gasteiger partial charge in [0.05, 0.1) is 5.84 Å². The highest BCUT2D eigenvalue weighted by Crippen LogP contribution is 2.49. The molecule has 1 saturated heterocycles. The van der Waals surface area contributed by atoms with Gasteiger partial charge in [0.25, 0.3) is 0 Å². The van der Waals surface area contributed by atoms with Gasteiger partial charge in [0, 0.05) is 26.1 Å². The Hall–Kier alpha value is -0.570. The lowest BCUT2D eigenvalue weighted by Gasteiger charge is -2.37. The van der Waals surface area contributed by atoms with Crippen LogP contribution < -0.4 is 5.73 Å². The molecular weight excluding hydrogens is 198 g/mol. The number of nitrogens with two attached hydrogens (primary N) is 1. The van der Waals surface area contributed by atoms with Crippen molar-refractivity contribution in [3.05, 3.63) is 0 Å². The molecule has 0 spiro atoms. The third kappa shape index (κ3) is 2.97. The molecule has 0 radical (unpaired) electrons. The molecule has 0 aromatic rings. The molecule has 92 valence electrons. The van der Waals surface area contributed by atoms with E-state index in [0.717, 1.165) is 18.3 Å². The quantitative estimate of drug-likeness (QED) is 0.566. The normalized spacial score (nSPS) is 33.6. The van der Waals surface area contributed by atoms with Crippen LogP contribution >= 0.6 is 0 Å². The standard InChI is InChI=1S/C13H25N3/c1-10-5-11(2)8-16(7-10)9-13(3-4-13)6-12(14)15/h10-11H,3-9H2,1-2H3,(H3,14,15). The Morgan fingerprint density at radius 1 is 1.31 bits per heavy atom. The van der Waals surface area contributed by atoms with Crippen LogP contribution in [0.3, 0.4) is 0 Å². The number of piperidine rings is 1. The van der Waals surface area contributed by atoms with Crippen LogP contribution in [-0.4, -0.2) is 30.4 Å². The molecule has 1 heterocycles. The van der Waals surface area contributed by atoms with Crippen molar-refractivity contribution in [2.24, 2.45) is 23.0 Å². The molecule has 3 N–H and O–H groups in total. The molecule has 2 rings (SSSR count). The third-order valence-corrected chi connectivity index (χ3v) is 4.03. The first-order valence-corrected chi connectivity index (χ1v) is 6.54. The maximum atomic E-state index is 7.45. The van der Waals surface area contributed by atoms with E-state index >= 15 is 0 Å². The molecule has 0 aromatic carbocycles. The number of hydrogen-bond acceptors (Lipinski definition) is 2. The van der Waals surface area contributed by atoms with E-state index in [4.69, 9.17) is 11.1 Å². The molecule has 1 saturated carbocycles. The molecule has 1 aliphatic carbocycles. The SMILES string of the molecule is CC1CC(C)CN(CC2(CC(=N)N)CC2)C1. The second-order valence-electron chi connectivity index (χ2n) is 6.34. The zero-order valence-electron chi connectivity index (χ0n) is 10.6. The minimum atomic E-state index is 0.371. The van der Waals surface area contributed by atoms with Crippen molar-refractivity contribution in [1.29, 1.82) is 5.41 Å². The molecule has 3 nitrogen and oxygen atoms in total. The molecule has 0 amide bonds. The molecule has 0 aromatic heterocycles. The van der Waals surface area contributed by atoms with Gasteiger partial charge in [0.15, 0.2) is 0 Å². The first-order chi connectivity index (χ1) is 7.49. The van der Waals surface area contributed by atoms with Gasteiger partial charge in [-0.2, -0.15) is 0 Å². The van der Waals surface area contributed by atoms with Crippen LogP contribution in [0, 0.1) is 22.7 Å². The van der Waals surface area contributed by atoms with E-state index in [1.54, 1.807) is 0 Å². The Balaban J connectivity index is 1.87. The van der Waals surface area contributed by atoms with Gasteiger partial charge in [-0.25, -0.2) is 0 Å². The van der Waals surface area contributed by atoms with Crippen LogP contribution in [0.15, 0.2) is 0 Å². The van der Waals surface area contributed by atoms with Crippen LogP contribution in [0.25, 0.3) is 0 Å². The highest BCUT2D eigenvalue weighted by atomic mass is 15.1. The first kappa shape index (κ1) is 11.9. The predicted molar refractivity (Wildman–Crippen MR) is 67.6 cm³/mol. The lowest BCUT2D eigenvalue weighted by molar-refractivity contribution is 0.117. The number of nitrogens with one attached hydrogen (secondary N) is 1. The summed E-state index contributed by atoms with van der Waals surface area (Å²) in [6, 6.07) is 0. The van der Waals surface area contributed by atoms with Gasteiger partial charge in [-0.3, -0.25) is 5.41 Å². The zero-order valence-corrected chi connectivity index (χ0v) is 10.6. The van der Waals surface area contributed by atoms with E-state index < -0.39 is 0 Å². The molecule has 16 heavy (non-hydrogen) atoms. The number of hydrogen-bond donors (Lipinski definition) is 2. The van der Waals surface area contributed by atoms with Gasteiger partial charge in [-0.15, -0.1) is 0 Å². The topological polar surface area (TPSA) is 53.1 Å². The molecule has 1 aliphatic heterocycles. The Bertz CT molecular complexity index is 260. The highest BCUT2D eigenvalue weighted by Gasteiger charge is 2.44. The van der Waals surface area contributed by atoms with Gasteiger partial charge >= 0.3 is 0 Å². The fourth-order valence-electron chi connectivity index (χ4n) is 3.37. The minimum Gasteiger partial charge on any atom is -0.388 e. The lowest BCUT2D eigenvalue weighted by Crippen LogP contribution is -2.42. The van der Waals surface area contributed by atoms with Gasteiger partial charge in [-0.05, 0) is 36.5 Å². The molecule has 2 aliphatic rings. The first-order valence-electron chi connectivity index (χ1n) is 6.54. The van der Waals surface area contributed by atoms with Crippen LogP contribution in [0.1, 0.15) is 39.5 Å². The van der Waals surface area contributed by atoms with Gasteiger partial charge in [-0.1, -0.05) is 13.8 Å². The monoisotopic (exact) mass is 223 g/mol.